The molecule has 0 spiro atoms. The lowest BCUT2D eigenvalue weighted by molar-refractivity contribution is 1.18. The van der Waals surface area contributed by atoms with E-state index in [1.54, 1.807) is 0 Å². The van der Waals surface area contributed by atoms with E-state index in [0.29, 0.717) is 0 Å². The van der Waals surface area contributed by atoms with Gasteiger partial charge in [0.05, 0.1) is 16.7 Å². The summed E-state index contributed by atoms with van der Waals surface area (Å²) in [7, 11) is 0. The Kier molecular flexibility index (Phi) is 7.75. The molecule has 0 fully saturated rings. The highest BCUT2D eigenvalue weighted by atomic mass is 32.1. The number of anilines is 3. The van der Waals surface area contributed by atoms with Gasteiger partial charge >= 0.3 is 0 Å². The Labute approximate surface area is 346 Å². The minimum atomic E-state index is 1.11. The largest absolute Gasteiger partial charge is 0.310 e. The molecular formula is C56H36N2S. The van der Waals surface area contributed by atoms with Gasteiger partial charge in [0.15, 0.2) is 0 Å². The normalized spacial score (nSPS) is 11.7. The maximum atomic E-state index is 2.42. The van der Waals surface area contributed by atoms with Gasteiger partial charge in [-0.3, -0.25) is 0 Å². The van der Waals surface area contributed by atoms with Gasteiger partial charge < -0.3 is 9.47 Å². The quantitative estimate of drug-likeness (QED) is 0.153. The van der Waals surface area contributed by atoms with Gasteiger partial charge in [-0.05, 0) is 111 Å². The van der Waals surface area contributed by atoms with E-state index in [4.69, 9.17) is 0 Å². The molecule has 276 valence electrons. The molecule has 0 N–H and O–H groups in total. The average Bonchev–Trinajstić information content (AvgIpc) is 3.85. The molecule has 0 unspecified atom stereocenters. The van der Waals surface area contributed by atoms with Crippen LogP contribution in [0.25, 0.3) is 91.5 Å². The van der Waals surface area contributed by atoms with E-state index in [2.05, 4.69) is 228 Å². The lowest BCUT2D eigenvalue weighted by Gasteiger charge is -2.28. The van der Waals surface area contributed by atoms with Crippen LogP contribution in [0.5, 0.6) is 0 Å². The first-order valence-corrected chi connectivity index (χ1v) is 21.0. The van der Waals surface area contributed by atoms with Crippen molar-refractivity contribution in [3.05, 3.63) is 218 Å². The van der Waals surface area contributed by atoms with Gasteiger partial charge in [0.2, 0.25) is 0 Å². The molecule has 12 aromatic rings. The topological polar surface area (TPSA) is 8.17 Å². The van der Waals surface area contributed by atoms with Gasteiger partial charge in [-0.25, -0.2) is 0 Å². The first-order valence-electron chi connectivity index (χ1n) is 20.2. The Balaban J connectivity index is 0.946. The summed E-state index contributed by atoms with van der Waals surface area (Å²) in [5.41, 5.74) is 11.8. The average molecular weight is 769 g/mol. The van der Waals surface area contributed by atoms with E-state index in [9.17, 15) is 0 Å². The molecule has 0 aliphatic heterocycles. The molecule has 2 aromatic heterocycles. The molecule has 12 rings (SSSR count). The summed E-state index contributed by atoms with van der Waals surface area (Å²) >= 11 is 1.86. The molecule has 0 saturated carbocycles. The second-order valence-electron chi connectivity index (χ2n) is 15.3. The van der Waals surface area contributed by atoms with Crippen LogP contribution >= 0.6 is 11.3 Å². The molecule has 2 nitrogen and oxygen atoms in total. The predicted molar refractivity (Wildman–Crippen MR) is 254 cm³/mol. The third-order valence-electron chi connectivity index (χ3n) is 12.0. The Hall–Kier alpha value is -7.46. The van der Waals surface area contributed by atoms with Crippen molar-refractivity contribution < 1.29 is 0 Å². The summed E-state index contributed by atoms with van der Waals surface area (Å²) in [6.07, 6.45) is 0. The van der Waals surface area contributed by atoms with Gasteiger partial charge in [-0.15, -0.1) is 11.3 Å². The van der Waals surface area contributed by atoms with Crippen LogP contribution in [0.3, 0.4) is 0 Å². The number of benzene rings is 10. The fraction of sp³-hybridized carbons (Fsp3) is 0. The van der Waals surface area contributed by atoms with Crippen molar-refractivity contribution in [2.24, 2.45) is 0 Å². The summed E-state index contributed by atoms with van der Waals surface area (Å²) in [6.45, 7) is 0. The number of rotatable bonds is 6. The van der Waals surface area contributed by atoms with E-state index in [-0.39, 0.29) is 0 Å². The summed E-state index contributed by atoms with van der Waals surface area (Å²) in [4.78, 5) is 2.42. The maximum absolute atomic E-state index is 2.42. The number of aromatic nitrogens is 1. The molecule has 10 aromatic carbocycles. The first-order chi connectivity index (χ1) is 29.2. The maximum Gasteiger partial charge on any atom is 0.0546 e. The van der Waals surface area contributed by atoms with Crippen molar-refractivity contribution in [3.63, 3.8) is 0 Å². The number of nitrogens with zero attached hydrogens (tertiary/aromatic N) is 2. The fourth-order valence-electron chi connectivity index (χ4n) is 9.17. The number of fused-ring (bicyclic) bond motifs is 9. The highest BCUT2D eigenvalue weighted by Crippen LogP contribution is 2.43. The molecule has 59 heavy (non-hydrogen) atoms. The van der Waals surface area contributed by atoms with Crippen LogP contribution in [0.1, 0.15) is 0 Å². The van der Waals surface area contributed by atoms with Gasteiger partial charge in [0.25, 0.3) is 0 Å². The van der Waals surface area contributed by atoms with Gasteiger partial charge in [0, 0.05) is 53.4 Å². The second kappa shape index (κ2) is 13.6. The lowest BCUT2D eigenvalue weighted by atomic mass is 9.98. The Morgan fingerprint density at radius 2 is 0.847 bits per heavy atom. The van der Waals surface area contributed by atoms with Gasteiger partial charge in [-0.2, -0.15) is 0 Å². The monoisotopic (exact) mass is 768 g/mol. The van der Waals surface area contributed by atoms with Gasteiger partial charge in [-0.1, -0.05) is 146 Å². The Morgan fingerprint density at radius 1 is 0.339 bits per heavy atom. The number of para-hydroxylation sites is 2. The number of thiophene rings is 1. The van der Waals surface area contributed by atoms with E-state index in [1.165, 1.54) is 85.8 Å². The zero-order chi connectivity index (χ0) is 38.9. The molecule has 3 heteroatoms. The van der Waals surface area contributed by atoms with Crippen LogP contribution in [0, 0.1) is 0 Å². The molecule has 0 atom stereocenters. The van der Waals surface area contributed by atoms with Crippen LogP contribution in [0.15, 0.2) is 218 Å². The summed E-state index contributed by atoms with van der Waals surface area (Å²) in [6, 6.07) is 80.0. The minimum Gasteiger partial charge on any atom is -0.310 e. The SMILES string of the molecule is c1ccc2c(c1)ccc1cccc(N(c3ccc(-c4ccc(-n5c6ccccc6c6ccccc65)cc4)cc3)c3ccc(-c4ccc5sc6ccccc6c5c4)cc3)c12. The molecular weight excluding hydrogens is 733 g/mol. The Bertz CT molecular complexity index is 3480. The standard InChI is InChI=1S/C56H36N2S/c1-2-12-46-40(10-1)20-21-41-11-9-18-53(56(41)46)57(44-31-26-39(27-32-44)42-28-35-55-50(36-42)49-15-5-8-19-54(49)59-55)43-29-22-37(23-30-43)38-24-33-45(34-25-38)58-51-16-6-3-13-47(51)48-14-4-7-17-52(48)58/h1-36H. The molecule has 0 amide bonds. The molecule has 0 bridgehead atoms. The van der Waals surface area contributed by atoms with Crippen LogP contribution in [0.4, 0.5) is 17.1 Å². The van der Waals surface area contributed by atoms with E-state index >= 15 is 0 Å². The van der Waals surface area contributed by atoms with Crippen molar-refractivity contribution in [1.82, 2.24) is 4.57 Å². The number of hydrogen-bond donors (Lipinski definition) is 0. The van der Waals surface area contributed by atoms with Crippen molar-refractivity contribution >= 4 is 91.9 Å². The van der Waals surface area contributed by atoms with Crippen LogP contribution in [-0.4, -0.2) is 4.57 Å². The molecule has 0 aliphatic rings. The zero-order valence-electron chi connectivity index (χ0n) is 32.1. The second-order valence-corrected chi connectivity index (χ2v) is 16.4. The summed E-state index contributed by atoms with van der Waals surface area (Å²) < 4.78 is 5.02. The molecule has 2 heterocycles. The molecule has 0 radical (unpaired) electrons. The Morgan fingerprint density at radius 3 is 1.54 bits per heavy atom. The number of hydrogen-bond acceptors (Lipinski definition) is 2. The van der Waals surface area contributed by atoms with E-state index in [1.807, 2.05) is 11.3 Å². The van der Waals surface area contributed by atoms with Gasteiger partial charge in [0.1, 0.15) is 0 Å². The highest BCUT2D eigenvalue weighted by Gasteiger charge is 2.18. The fourth-order valence-corrected chi connectivity index (χ4v) is 10.3. The summed E-state index contributed by atoms with van der Waals surface area (Å²) in [5.74, 6) is 0. The highest BCUT2D eigenvalue weighted by molar-refractivity contribution is 7.25. The first kappa shape index (κ1) is 33.7. The zero-order valence-corrected chi connectivity index (χ0v) is 32.9. The van der Waals surface area contributed by atoms with Crippen molar-refractivity contribution in [3.8, 4) is 27.9 Å². The summed E-state index contributed by atoms with van der Waals surface area (Å²) in [5, 5.41) is 10.1. The molecule has 0 aliphatic carbocycles. The van der Waals surface area contributed by atoms with Crippen molar-refractivity contribution in [2.45, 2.75) is 0 Å². The van der Waals surface area contributed by atoms with E-state index < -0.39 is 0 Å². The minimum absolute atomic E-state index is 1.11. The van der Waals surface area contributed by atoms with Crippen LogP contribution in [-0.2, 0) is 0 Å². The van der Waals surface area contributed by atoms with Crippen LogP contribution in [0.2, 0.25) is 0 Å². The van der Waals surface area contributed by atoms with Crippen molar-refractivity contribution in [1.29, 1.82) is 0 Å². The third-order valence-corrected chi connectivity index (χ3v) is 13.1. The smallest absolute Gasteiger partial charge is 0.0546 e. The third kappa shape index (κ3) is 5.55. The van der Waals surface area contributed by atoms with Crippen LogP contribution < -0.4 is 4.90 Å². The molecule has 0 saturated heterocycles. The predicted octanol–water partition coefficient (Wildman–Crippen LogP) is 16.3. The lowest BCUT2D eigenvalue weighted by Crippen LogP contribution is -2.10. The van der Waals surface area contributed by atoms with Crippen molar-refractivity contribution in [2.75, 3.05) is 4.90 Å². The van der Waals surface area contributed by atoms with E-state index in [0.717, 1.165) is 22.7 Å².